The number of hydrogen-bond donors (Lipinski definition) is 1. The first-order valence-electron chi connectivity index (χ1n) is 4.18. The third-order valence-electron chi connectivity index (χ3n) is 2.35. The van der Waals surface area contributed by atoms with Crippen molar-refractivity contribution in [1.82, 2.24) is 0 Å². The van der Waals surface area contributed by atoms with Gasteiger partial charge in [-0.1, -0.05) is 6.42 Å². The molecule has 0 aromatic carbocycles. The molecule has 1 N–H and O–H groups in total. The fourth-order valence-corrected chi connectivity index (χ4v) is 2.76. The van der Waals surface area contributed by atoms with Crippen LogP contribution in [0, 0.1) is 5.92 Å². The van der Waals surface area contributed by atoms with Crippen molar-refractivity contribution in [1.29, 1.82) is 0 Å². The third-order valence-corrected chi connectivity index (χ3v) is 3.72. The molecule has 0 radical (unpaired) electrons. The second-order valence-corrected chi connectivity index (χ2v) is 5.49. The predicted octanol–water partition coefficient (Wildman–Crippen LogP) is -2.35. The SMILES string of the molecule is O=S(=O)([O-])C(O)C1CCCC(Cl)C1.[Na+]. The van der Waals surface area contributed by atoms with Gasteiger partial charge in [0.15, 0.2) is 0 Å². The Morgan fingerprint density at radius 2 is 2.00 bits per heavy atom. The van der Waals surface area contributed by atoms with E-state index in [-0.39, 0.29) is 34.9 Å². The van der Waals surface area contributed by atoms with Crippen LogP contribution in [0.3, 0.4) is 0 Å². The maximum Gasteiger partial charge on any atom is 1.00 e. The van der Waals surface area contributed by atoms with Crippen LogP contribution in [0.5, 0.6) is 0 Å². The van der Waals surface area contributed by atoms with E-state index >= 15 is 0 Å². The first-order chi connectivity index (χ1) is 5.91. The molecule has 1 aliphatic rings. The number of halogens is 1. The molecule has 0 aliphatic heterocycles. The van der Waals surface area contributed by atoms with Gasteiger partial charge >= 0.3 is 29.6 Å². The molecule has 1 aliphatic carbocycles. The van der Waals surface area contributed by atoms with E-state index in [4.69, 9.17) is 16.7 Å². The minimum Gasteiger partial charge on any atom is -0.746 e. The van der Waals surface area contributed by atoms with Crippen LogP contribution in [0.4, 0.5) is 0 Å². The molecule has 78 valence electrons. The fourth-order valence-electron chi connectivity index (χ4n) is 1.66. The molecule has 4 nitrogen and oxygen atoms in total. The summed E-state index contributed by atoms with van der Waals surface area (Å²) in [5, 5.41) is 9.05. The van der Waals surface area contributed by atoms with Crippen LogP contribution in [-0.2, 0) is 10.1 Å². The van der Waals surface area contributed by atoms with Crippen molar-refractivity contribution in [3.63, 3.8) is 0 Å². The molecular weight excluding hydrogens is 239 g/mol. The van der Waals surface area contributed by atoms with Crippen molar-refractivity contribution in [3.05, 3.63) is 0 Å². The predicted molar refractivity (Wildman–Crippen MR) is 47.3 cm³/mol. The van der Waals surface area contributed by atoms with Gasteiger partial charge < -0.3 is 9.66 Å². The standard InChI is InChI=1S/C7H13ClO4S.Na/c8-6-3-1-2-5(4-6)7(9)13(10,11)12;/h5-7,9H,1-4H2,(H,10,11,12);/q;+1/p-1. The van der Waals surface area contributed by atoms with Crippen molar-refractivity contribution >= 4 is 21.7 Å². The second kappa shape index (κ2) is 6.03. The van der Waals surface area contributed by atoms with E-state index in [0.29, 0.717) is 12.8 Å². The molecule has 3 unspecified atom stereocenters. The summed E-state index contributed by atoms with van der Waals surface area (Å²) in [5.74, 6) is -0.487. The molecule has 14 heavy (non-hydrogen) atoms. The van der Waals surface area contributed by atoms with Gasteiger partial charge in [-0.25, -0.2) is 8.42 Å². The number of hydrogen-bond acceptors (Lipinski definition) is 4. The summed E-state index contributed by atoms with van der Waals surface area (Å²) in [6, 6.07) is 0. The molecule has 0 spiro atoms. The third kappa shape index (κ3) is 4.35. The maximum absolute atomic E-state index is 10.5. The molecule has 3 atom stereocenters. The molecule has 0 heterocycles. The fraction of sp³-hybridized carbons (Fsp3) is 1.00. The van der Waals surface area contributed by atoms with Crippen molar-refractivity contribution in [2.75, 3.05) is 0 Å². The topological polar surface area (TPSA) is 77.4 Å². The smallest absolute Gasteiger partial charge is 0.746 e. The largest absolute Gasteiger partial charge is 1.00 e. The monoisotopic (exact) mass is 250 g/mol. The van der Waals surface area contributed by atoms with Gasteiger partial charge in [-0.3, -0.25) is 0 Å². The molecule has 0 amide bonds. The number of aliphatic hydroxyl groups is 1. The molecular formula is C7H12ClNaO4S. The summed E-state index contributed by atoms with van der Waals surface area (Å²) >= 11 is 5.80. The van der Waals surface area contributed by atoms with Crippen molar-refractivity contribution in [3.8, 4) is 0 Å². The van der Waals surface area contributed by atoms with E-state index in [1.807, 2.05) is 0 Å². The van der Waals surface area contributed by atoms with Gasteiger partial charge in [0.05, 0.1) is 0 Å². The van der Waals surface area contributed by atoms with E-state index in [1.165, 1.54) is 0 Å². The van der Waals surface area contributed by atoms with Crippen LogP contribution in [0.25, 0.3) is 0 Å². The average molecular weight is 251 g/mol. The van der Waals surface area contributed by atoms with Crippen LogP contribution in [0.15, 0.2) is 0 Å². The minimum atomic E-state index is -4.58. The first-order valence-corrected chi connectivity index (χ1v) is 6.09. The summed E-state index contributed by atoms with van der Waals surface area (Å²) in [5.41, 5.74) is -1.78. The van der Waals surface area contributed by atoms with Crippen LogP contribution >= 0.6 is 11.6 Å². The second-order valence-electron chi connectivity index (χ2n) is 3.41. The Hall–Kier alpha value is 1.16. The molecule has 1 saturated carbocycles. The summed E-state index contributed by atoms with van der Waals surface area (Å²) in [4.78, 5) is 0. The number of aliphatic hydroxyl groups excluding tert-OH is 1. The van der Waals surface area contributed by atoms with Crippen molar-refractivity contribution in [2.45, 2.75) is 36.5 Å². The zero-order valence-electron chi connectivity index (χ0n) is 8.02. The Morgan fingerprint density at radius 1 is 1.43 bits per heavy atom. The van der Waals surface area contributed by atoms with E-state index in [0.717, 1.165) is 12.8 Å². The molecule has 1 rings (SSSR count). The van der Waals surface area contributed by atoms with Crippen LogP contribution in [0.1, 0.15) is 25.7 Å². The van der Waals surface area contributed by atoms with E-state index < -0.39 is 21.5 Å². The van der Waals surface area contributed by atoms with Gasteiger partial charge in [-0.05, 0) is 25.2 Å². The first kappa shape index (κ1) is 15.2. The maximum atomic E-state index is 10.5. The zero-order chi connectivity index (χ0) is 10.1. The molecule has 1 fully saturated rings. The summed E-state index contributed by atoms with van der Waals surface area (Å²) < 4.78 is 31.5. The Balaban J connectivity index is 0.00000169. The molecule has 0 bridgehead atoms. The van der Waals surface area contributed by atoms with Crippen molar-refractivity contribution < 1.29 is 47.6 Å². The average Bonchev–Trinajstić information content (AvgIpc) is 2.01. The Kier molecular flexibility index (Phi) is 6.53. The summed E-state index contributed by atoms with van der Waals surface area (Å²) in [6.45, 7) is 0. The van der Waals surface area contributed by atoms with Gasteiger partial charge in [0.2, 0.25) is 0 Å². The number of alkyl halides is 1. The summed E-state index contributed by atoms with van der Waals surface area (Å²) in [6.07, 6.45) is 2.56. The van der Waals surface area contributed by atoms with Crippen LogP contribution in [-0.4, -0.2) is 28.9 Å². The van der Waals surface area contributed by atoms with Gasteiger partial charge in [0, 0.05) is 5.38 Å². The Bertz CT molecular complexity index is 269. The molecule has 0 aromatic heterocycles. The molecule has 0 aromatic rings. The summed E-state index contributed by atoms with van der Waals surface area (Å²) in [7, 11) is -4.58. The molecule has 0 saturated heterocycles. The Morgan fingerprint density at radius 3 is 2.43 bits per heavy atom. The van der Waals surface area contributed by atoms with Gasteiger partial charge in [0.25, 0.3) is 0 Å². The number of rotatable bonds is 2. The van der Waals surface area contributed by atoms with Crippen LogP contribution < -0.4 is 29.6 Å². The molecule has 7 heteroatoms. The van der Waals surface area contributed by atoms with Gasteiger partial charge in [-0.15, -0.1) is 11.6 Å². The zero-order valence-corrected chi connectivity index (χ0v) is 11.6. The van der Waals surface area contributed by atoms with Crippen molar-refractivity contribution in [2.24, 2.45) is 5.92 Å². The normalized spacial score (nSPS) is 30.5. The Labute approximate surface area is 111 Å². The van der Waals surface area contributed by atoms with Gasteiger partial charge in [0.1, 0.15) is 15.6 Å². The van der Waals surface area contributed by atoms with E-state index in [2.05, 4.69) is 0 Å². The van der Waals surface area contributed by atoms with Gasteiger partial charge in [-0.2, -0.15) is 0 Å². The van der Waals surface area contributed by atoms with E-state index in [9.17, 15) is 13.0 Å². The minimum absolute atomic E-state index is 0. The van der Waals surface area contributed by atoms with E-state index in [1.54, 1.807) is 0 Å². The van der Waals surface area contributed by atoms with Crippen LogP contribution in [0.2, 0.25) is 0 Å². The quantitative estimate of drug-likeness (QED) is 0.338.